The largest absolute Gasteiger partial charge is 0.497 e. The lowest BCUT2D eigenvalue weighted by atomic mass is 9.85. The van der Waals surface area contributed by atoms with Gasteiger partial charge in [0.25, 0.3) is 0 Å². The van der Waals surface area contributed by atoms with Crippen LogP contribution in [-0.2, 0) is 35.4 Å². The van der Waals surface area contributed by atoms with Gasteiger partial charge in [-0.3, -0.25) is 0 Å². The van der Waals surface area contributed by atoms with Gasteiger partial charge in [-0.25, -0.2) is 13.2 Å². The van der Waals surface area contributed by atoms with Crippen LogP contribution in [-0.4, -0.2) is 94.1 Å². The average Bonchev–Trinajstić information content (AvgIpc) is 3.75. The standard InChI is InChI=1S/C33H46N2O9S/c1-23(2)19-35(45(38,39)27-12-10-25(40-3)11-13-27)20-30(36)29(16-24-8-5-4-6-9-24)34-32(37)43-22-42-26-17-28-31(18-26)41-21-33(28)14-7-15-44-33/h4-6,8-13,23,26,28-31,36H,7,14-22H2,1-3H3,(H,34,37)/t26-,28+,29+,30-,31-,33?/m1/s1. The van der Waals surface area contributed by atoms with Crippen molar-refractivity contribution in [3.63, 3.8) is 0 Å². The zero-order valence-corrected chi connectivity index (χ0v) is 27.1. The Morgan fingerprint density at radius 2 is 1.87 bits per heavy atom. The lowest BCUT2D eigenvalue weighted by Gasteiger charge is -2.30. The van der Waals surface area contributed by atoms with Gasteiger partial charge < -0.3 is 34.1 Å². The number of methoxy groups -OCH3 is 1. The molecule has 0 aromatic heterocycles. The Bertz CT molecular complexity index is 1350. The number of nitrogens with one attached hydrogen (secondary N) is 1. The van der Waals surface area contributed by atoms with E-state index < -0.39 is 28.3 Å². The number of nitrogens with zero attached hydrogens (tertiary/aromatic N) is 1. The van der Waals surface area contributed by atoms with Gasteiger partial charge in [-0.1, -0.05) is 44.2 Å². The summed E-state index contributed by atoms with van der Waals surface area (Å²) in [5.41, 5.74) is 0.665. The van der Waals surface area contributed by atoms with E-state index in [1.807, 2.05) is 44.2 Å². The molecule has 2 N–H and O–H groups in total. The Morgan fingerprint density at radius 1 is 1.11 bits per heavy atom. The third kappa shape index (κ3) is 8.16. The van der Waals surface area contributed by atoms with E-state index in [4.69, 9.17) is 23.7 Å². The fourth-order valence-corrected chi connectivity index (χ4v) is 8.37. The van der Waals surface area contributed by atoms with Gasteiger partial charge in [0.15, 0.2) is 6.79 Å². The van der Waals surface area contributed by atoms with Crippen LogP contribution in [0.1, 0.15) is 45.1 Å². The molecule has 3 aliphatic rings. The lowest BCUT2D eigenvalue weighted by molar-refractivity contribution is -0.0772. The number of fused-ring (bicyclic) bond motifs is 2. The minimum atomic E-state index is -3.96. The van der Waals surface area contributed by atoms with E-state index in [0.717, 1.165) is 37.9 Å². The Morgan fingerprint density at radius 3 is 2.53 bits per heavy atom. The van der Waals surface area contributed by atoms with E-state index in [9.17, 15) is 18.3 Å². The van der Waals surface area contributed by atoms with Crippen LogP contribution in [0.5, 0.6) is 5.75 Å². The molecular weight excluding hydrogens is 600 g/mol. The fraction of sp³-hybridized carbons (Fsp3) is 0.606. The Kier molecular flexibility index (Phi) is 11.0. The first-order valence-electron chi connectivity index (χ1n) is 15.8. The summed E-state index contributed by atoms with van der Waals surface area (Å²) in [5, 5.41) is 14.2. The molecule has 2 aromatic rings. The first-order chi connectivity index (χ1) is 21.6. The van der Waals surface area contributed by atoms with Crippen LogP contribution in [0, 0.1) is 11.8 Å². The number of rotatable bonds is 14. The number of aliphatic hydroxyl groups is 1. The topological polar surface area (TPSA) is 133 Å². The van der Waals surface area contributed by atoms with Crippen LogP contribution in [0.2, 0.25) is 0 Å². The normalized spacial score (nSPS) is 25.9. The molecule has 2 aliphatic heterocycles. The summed E-state index contributed by atoms with van der Waals surface area (Å²) in [7, 11) is -2.44. The summed E-state index contributed by atoms with van der Waals surface area (Å²) in [6.07, 6.45) is 1.82. The molecule has 3 fully saturated rings. The summed E-state index contributed by atoms with van der Waals surface area (Å²) in [5.74, 6) is 0.811. The van der Waals surface area contributed by atoms with E-state index in [2.05, 4.69) is 5.32 Å². The number of carbonyl (C=O) groups is 1. The van der Waals surface area contributed by atoms with Crippen LogP contribution in [0.4, 0.5) is 4.79 Å². The molecule has 1 unspecified atom stereocenters. The molecule has 2 aromatic carbocycles. The fourth-order valence-electron chi connectivity index (χ4n) is 6.75. The molecule has 248 valence electrons. The van der Waals surface area contributed by atoms with Crippen molar-refractivity contribution in [2.24, 2.45) is 11.8 Å². The summed E-state index contributed by atoms with van der Waals surface area (Å²) >= 11 is 0. The molecular formula is C33H46N2O9S. The molecule has 0 radical (unpaired) electrons. The SMILES string of the molecule is COc1ccc(S(=O)(=O)N(CC(C)C)C[C@@H](O)[C@H](Cc2ccccc2)NC(=O)OCO[C@H]2C[C@H]3OCC4(CCCO4)[C@H]3C2)cc1. The van der Waals surface area contributed by atoms with E-state index in [1.54, 1.807) is 12.1 Å². The monoisotopic (exact) mass is 646 g/mol. The number of ether oxygens (including phenoxy) is 5. The van der Waals surface area contributed by atoms with Gasteiger partial charge in [0.05, 0.1) is 48.6 Å². The lowest BCUT2D eigenvalue weighted by Crippen LogP contribution is -2.51. The summed E-state index contributed by atoms with van der Waals surface area (Å²) < 4.78 is 57.1. The number of benzene rings is 2. The van der Waals surface area contributed by atoms with Gasteiger partial charge in [-0.2, -0.15) is 4.31 Å². The molecule has 1 aliphatic carbocycles. The van der Waals surface area contributed by atoms with E-state index in [-0.39, 0.29) is 60.8 Å². The van der Waals surface area contributed by atoms with Crippen LogP contribution in [0.3, 0.4) is 0 Å². The summed E-state index contributed by atoms with van der Waals surface area (Å²) in [4.78, 5) is 13.0. The number of aliphatic hydroxyl groups excluding tert-OH is 1. The molecule has 1 spiro atoms. The Labute approximate surface area is 266 Å². The maximum Gasteiger partial charge on any atom is 0.409 e. The highest BCUT2D eigenvalue weighted by Gasteiger charge is 2.56. The van der Waals surface area contributed by atoms with Crippen molar-refractivity contribution in [1.29, 1.82) is 0 Å². The van der Waals surface area contributed by atoms with Crippen molar-refractivity contribution >= 4 is 16.1 Å². The number of hydrogen-bond donors (Lipinski definition) is 2. The van der Waals surface area contributed by atoms with Crippen molar-refractivity contribution in [1.82, 2.24) is 9.62 Å². The second-order valence-corrected chi connectivity index (χ2v) is 14.6. The highest BCUT2D eigenvalue weighted by atomic mass is 32.2. The Hall–Kier alpha value is -2.74. The van der Waals surface area contributed by atoms with E-state index in [0.29, 0.717) is 12.4 Å². The molecule has 11 nitrogen and oxygen atoms in total. The zero-order chi connectivity index (χ0) is 32.0. The maximum absolute atomic E-state index is 13.7. The third-order valence-corrected chi connectivity index (χ3v) is 10.9. The number of alkyl carbamates (subject to hydrolysis) is 1. The van der Waals surface area contributed by atoms with Crippen LogP contribution >= 0.6 is 0 Å². The van der Waals surface area contributed by atoms with Gasteiger partial charge >= 0.3 is 6.09 Å². The van der Waals surface area contributed by atoms with Crippen molar-refractivity contribution in [3.05, 3.63) is 60.2 Å². The van der Waals surface area contributed by atoms with Crippen LogP contribution < -0.4 is 10.1 Å². The first kappa shape index (κ1) is 33.6. The molecule has 2 saturated heterocycles. The predicted molar refractivity (Wildman–Crippen MR) is 166 cm³/mol. The number of sulfonamides is 1. The highest BCUT2D eigenvalue weighted by molar-refractivity contribution is 7.89. The van der Waals surface area contributed by atoms with E-state index >= 15 is 0 Å². The van der Waals surface area contributed by atoms with Gasteiger partial charge in [0.1, 0.15) is 5.75 Å². The molecule has 6 atom stereocenters. The maximum atomic E-state index is 13.7. The highest BCUT2D eigenvalue weighted by Crippen LogP contribution is 2.49. The second-order valence-electron chi connectivity index (χ2n) is 12.7. The van der Waals surface area contributed by atoms with E-state index in [1.165, 1.54) is 23.5 Å². The van der Waals surface area contributed by atoms with Crippen molar-refractivity contribution in [2.45, 2.75) is 80.8 Å². The molecule has 2 heterocycles. The number of amides is 1. The van der Waals surface area contributed by atoms with Crippen molar-refractivity contribution in [2.75, 3.05) is 40.2 Å². The Balaban J connectivity index is 1.21. The summed E-state index contributed by atoms with van der Waals surface area (Å²) in [6, 6.07) is 14.7. The van der Waals surface area contributed by atoms with Crippen LogP contribution in [0.25, 0.3) is 0 Å². The zero-order valence-electron chi connectivity index (χ0n) is 26.3. The quantitative estimate of drug-likeness (QED) is 0.295. The number of hydrogen-bond acceptors (Lipinski definition) is 9. The third-order valence-electron chi connectivity index (χ3n) is 9.03. The average molecular weight is 647 g/mol. The van der Waals surface area contributed by atoms with Crippen LogP contribution in [0.15, 0.2) is 59.5 Å². The first-order valence-corrected chi connectivity index (χ1v) is 17.2. The van der Waals surface area contributed by atoms with Gasteiger partial charge in [-0.15, -0.1) is 0 Å². The number of carbonyl (C=O) groups excluding carboxylic acids is 1. The molecule has 1 amide bonds. The van der Waals surface area contributed by atoms with Gasteiger partial charge in [0.2, 0.25) is 10.0 Å². The molecule has 5 rings (SSSR count). The molecule has 0 bridgehead atoms. The predicted octanol–water partition coefficient (Wildman–Crippen LogP) is 3.74. The van der Waals surface area contributed by atoms with Gasteiger partial charge in [0, 0.05) is 32.0 Å². The molecule has 1 saturated carbocycles. The minimum Gasteiger partial charge on any atom is -0.497 e. The van der Waals surface area contributed by atoms with Gasteiger partial charge in [-0.05, 0) is 61.4 Å². The van der Waals surface area contributed by atoms with Crippen molar-refractivity contribution in [3.8, 4) is 5.75 Å². The second kappa shape index (κ2) is 14.8. The smallest absolute Gasteiger partial charge is 0.409 e. The summed E-state index contributed by atoms with van der Waals surface area (Å²) in [6.45, 7) is 4.92. The minimum absolute atomic E-state index is 0.0106. The van der Waals surface area contributed by atoms with Crippen molar-refractivity contribution < 1.29 is 42.0 Å². The molecule has 12 heteroatoms. The molecule has 45 heavy (non-hydrogen) atoms.